The summed E-state index contributed by atoms with van der Waals surface area (Å²) in [4.78, 5) is 36.3. The Bertz CT molecular complexity index is 1740. The van der Waals surface area contributed by atoms with E-state index in [0.717, 1.165) is 6.07 Å². The Kier molecular flexibility index (Phi) is 9.19. The van der Waals surface area contributed by atoms with Crippen LogP contribution >= 0.6 is 15.9 Å². The molecule has 4 heterocycles. The third-order valence-corrected chi connectivity index (χ3v) is 9.57. The summed E-state index contributed by atoms with van der Waals surface area (Å²) in [5.74, 6) is -1.36. The lowest BCUT2D eigenvalue weighted by molar-refractivity contribution is -0.156. The molecule has 0 saturated carbocycles. The molecule has 5 rings (SSSR count). The van der Waals surface area contributed by atoms with Gasteiger partial charge in [0.2, 0.25) is 0 Å². The molecule has 0 bridgehead atoms. The van der Waals surface area contributed by atoms with E-state index >= 15 is 4.39 Å². The number of fused-ring (bicyclic) bond motifs is 3. The van der Waals surface area contributed by atoms with Crippen LogP contribution in [0.3, 0.4) is 0 Å². The molecule has 0 N–H and O–H groups in total. The van der Waals surface area contributed by atoms with E-state index in [1.807, 2.05) is 19.0 Å². The first kappa shape index (κ1) is 36.0. The molecule has 0 aliphatic carbocycles. The van der Waals surface area contributed by atoms with Crippen molar-refractivity contribution in [2.24, 2.45) is 0 Å². The second-order valence-electron chi connectivity index (χ2n) is 15.2. The Balaban J connectivity index is 1.63. The summed E-state index contributed by atoms with van der Waals surface area (Å²) in [5.41, 5.74) is -2.78. The maximum absolute atomic E-state index is 15.9. The van der Waals surface area contributed by atoms with Gasteiger partial charge in [-0.1, -0.05) is 5.21 Å². The van der Waals surface area contributed by atoms with E-state index in [1.165, 1.54) is 9.58 Å². The number of likely N-dealkylation sites (N-methyl/N-ethyl adjacent to an activating group) is 1. The second kappa shape index (κ2) is 12.3. The van der Waals surface area contributed by atoms with Crippen molar-refractivity contribution in [2.45, 2.75) is 103 Å². The lowest BCUT2D eigenvalue weighted by atomic mass is 9.90. The van der Waals surface area contributed by atoms with Crippen LogP contribution in [0.1, 0.15) is 79.3 Å². The number of alkyl halides is 3. The number of ether oxygens (including phenoxy) is 2. The van der Waals surface area contributed by atoms with Crippen molar-refractivity contribution in [2.75, 3.05) is 38.6 Å². The maximum Gasteiger partial charge on any atom is 0.417 e. The van der Waals surface area contributed by atoms with Crippen LogP contribution in [0.15, 0.2) is 10.5 Å². The Morgan fingerprint density at radius 1 is 1.06 bits per heavy atom. The molecule has 1 unspecified atom stereocenters. The number of anilines is 1. The Labute approximate surface area is 285 Å². The van der Waals surface area contributed by atoms with Crippen LogP contribution in [0.4, 0.5) is 28.2 Å². The molecule has 0 spiro atoms. The smallest absolute Gasteiger partial charge is 0.417 e. The summed E-state index contributed by atoms with van der Waals surface area (Å²) < 4.78 is 70.2. The number of pyridine rings is 1. The zero-order chi connectivity index (χ0) is 35.7. The predicted molar refractivity (Wildman–Crippen MR) is 175 cm³/mol. The fourth-order valence-corrected chi connectivity index (χ4v) is 6.76. The van der Waals surface area contributed by atoms with Gasteiger partial charge in [0.25, 0.3) is 0 Å². The highest BCUT2D eigenvalue weighted by Gasteiger charge is 2.44. The highest BCUT2D eigenvalue weighted by molar-refractivity contribution is 9.10. The number of aromatic nitrogens is 4. The minimum atomic E-state index is -4.86. The molecule has 2 saturated heterocycles. The molecule has 2 atom stereocenters. The number of esters is 1. The fourth-order valence-electron chi connectivity index (χ4n) is 6.23. The Morgan fingerprint density at radius 3 is 2.25 bits per heavy atom. The number of carbonyl (C=O) groups excluding carboxylic acids is 2. The first-order chi connectivity index (χ1) is 22.0. The topological polar surface area (TPSA) is 106 Å². The molecule has 1 amide bonds. The quantitative estimate of drug-likeness (QED) is 0.208. The number of carbonyl (C=O) groups is 2. The SMILES string of the molecule is CN(C)C1(C)CN(c2nc3c(F)c(Br)c(C(F)(F)F)cc3c3c2nnn3[C@H]2CCN(C(=O)OC(C)(C)C)C(CC(=O)OC(C)(C)C)C2)C1. The fraction of sp³-hybridized carbons (Fsp3) is 0.656. The van der Waals surface area contributed by atoms with Gasteiger partial charge in [0, 0.05) is 31.1 Å². The number of rotatable bonds is 5. The van der Waals surface area contributed by atoms with Crippen LogP contribution in [0, 0.1) is 5.82 Å². The molecule has 16 heteroatoms. The van der Waals surface area contributed by atoms with Gasteiger partial charge in [0.15, 0.2) is 17.2 Å². The number of halogens is 5. The Morgan fingerprint density at radius 2 is 1.69 bits per heavy atom. The van der Waals surface area contributed by atoms with Crippen molar-refractivity contribution >= 4 is 55.7 Å². The molecule has 11 nitrogen and oxygen atoms in total. The van der Waals surface area contributed by atoms with E-state index in [9.17, 15) is 22.8 Å². The maximum atomic E-state index is 15.9. The first-order valence-electron chi connectivity index (χ1n) is 15.8. The number of nitrogens with zero attached hydrogens (tertiary/aromatic N) is 7. The normalized spacial score (nSPS) is 20.4. The predicted octanol–water partition coefficient (Wildman–Crippen LogP) is 6.71. The molecule has 264 valence electrons. The van der Waals surface area contributed by atoms with E-state index in [2.05, 4.69) is 43.0 Å². The van der Waals surface area contributed by atoms with Crippen LogP contribution in [-0.4, -0.2) is 98.4 Å². The number of likely N-dealkylation sites (tertiary alicyclic amines) is 1. The van der Waals surface area contributed by atoms with E-state index in [1.54, 1.807) is 41.5 Å². The average molecular weight is 745 g/mol. The van der Waals surface area contributed by atoms with Crippen LogP contribution in [0.5, 0.6) is 0 Å². The zero-order valence-corrected chi connectivity index (χ0v) is 30.2. The van der Waals surface area contributed by atoms with Crippen molar-refractivity contribution in [3.05, 3.63) is 21.9 Å². The highest BCUT2D eigenvalue weighted by Crippen LogP contribution is 2.44. The third kappa shape index (κ3) is 7.05. The standard InChI is InChI=1S/C32H42BrF4N7O4/c1-29(2,3)47-21(45)13-18-12-17(10-11-43(18)28(46)48-30(4,5)6)44-26-19-14-20(32(35,36)37)22(33)23(34)24(19)38-27(25(26)39-40-44)42-15-31(7,16-42)41(8)9/h14,17-18H,10-13,15-16H2,1-9H3/t17-,18?/m0/s1. The van der Waals surface area contributed by atoms with E-state index in [-0.39, 0.29) is 46.9 Å². The number of benzene rings is 1. The van der Waals surface area contributed by atoms with E-state index in [4.69, 9.17) is 9.47 Å². The summed E-state index contributed by atoms with van der Waals surface area (Å²) in [6.07, 6.45) is -5.11. The van der Waals surface area contributed by atoms with Gasteiger partial charge >= 0.3 is 18.2 Å². The van der Waals surface area contributed by atoms with Gasteiger partial charge in [0.05, 0.1) is 28.0 Å². The summed E-state index contributed by atoms with van der Waals surface area (Å²) in [7, 11) is 3.90. The largest absolute Gasteiger partial charge is 0.460 e. The number of hydrogen-bond donors (Lipinski definition) is 0. The van der Waals surface area contributed by atoms with Gasteiger partial charge in [-0.15, -0.1) is 5.10 Å². The average Bonchev–Trinajstić information content (AvgIpc) is 3.35. The first-order valence-corrected chi connectivity index (χ1v) is 16.6. The van der Waals surface area contributed by atoms with Gasteiger partial charge in [-0.05, 0) is 97.4 Å². The minimum Gasteiger partial charge on any atom is -0.460 e. The number of piperidine rings is 1. The summed E-state index contributed by atoms with van der Waals surface area (Å²) >= 11 is 2.82. The lowest BCUT2D eigenvalue weighted by Gasteiger charge is -2.52. The highest BCUT2D eigenvalue weighted by atomic mass is 79.9. The lowest BCUT2D eigenvalue weighted by Crippen LogP contribution is -2.67. The third-order valence-electron chi connectivity index (χ3n) is 8.79. The van der Waals surface area contributed by atoms with Gasteiger partial charge < -0.3 is 24.2 Å². The zero-order valence-electron chi connectivity index (χ0n) is 28.6. The summed E-state index contributed by atoms with van der Waals surface area (Å²) in [6.45, 7) is 13.7. The molecule has 3 aromatic rings. The Hall–Kier alpha value is -3.27. The van der Waals surface area contributed by atoms with E-state index < -0.39 is 57.4 Å². The second-order valence-corrected chi connectivity index (χ2v) is 15.9. The van der Waals surface area contributed by atoms with Crippen molar-refractivity contribution in [1.82, 2.24) is 29.8 Å². The van der Waals surface area contributed by atoms with Crippen molar-refractivity contribution in [3.8, 4) is 0 Å². The van der Waals surface area contributed by atoms with Crippen molar-refractivity contribution in [3.63, 3.8) is 0 Å². The summed E-state index contributed by atoms with van der Waals surface area (Å²) in [6, 6.07) is -0.340. The molecule has 2 aliphatic heterocycles. The molecular formula is C32H42BrF4N7O4. The molecule has 48 heavy (non-hydrogen) atoms. The van der Waals surface area contributed by atoms with Gasteiger partial charge in [0.1, 0.15) is 22.2 Å². The number of amides is 1. The van der Waals surface area contributed by atoms with Crippen LogP contribution in [0.25, 0.3) is 21.9 Å². The molecular weight excluding hydrogens is 702 g/mol. The van der Waals surface area contributed by atoms with Crippen molar-refractivity contribution < 1.29 is 36.6 Å². The van der Waals surface area contributed by atoms with Crippen LogP contribution in [0.2, 0.25) is 0 Å². The molecule has 0 radical (unpaired) electrons. The van der Waals surface area contributed by atoms with Crippen molar-refractivity contribution in [1.29, 1.82) is 0 Å². The summed E-state index contributed by atoms with van der Waals surface area (Å²) in [5, 5.41) is 8.72. The van der Waals surface area contributed by atoms with Gasteiger partial charge in [-0.2, -0.15) is 13.2 Å². The molecule has 1 aromatic carbocycles. The van der Waals surface area contributed by atoms with Crippen LogP contribution < -0.4 is 4.90 Å². The number of hydrogen-bond acceptors (Lipinski definition) is 9. The van der Waals surface area contributed by atoms with Gasteiger partial charge in [-0.3, -0.25) is 4.79 Å². The van der Waals surface area contributed by atoms with E-state index in [0.29, 0.717) is 25.3 Å². The molecule has 2 aliphatic rings. The molecule has 2 fully saturated rings. The van der Waals surface area contributed by atoms with Gasteiger partial charge in [-0.25, -0.2) is 18.9 Å². The minimum absolute atomic E-state index is 0.0964. The van der Waals surface area contributed by atoms with Crippen LogP contribution in [-0.2, 0) is 20.4 Å². The monoisotopic (exact) mass is 743 g/mol. The molecule has 2 aromatic heterocycles.